The second-order valence-electron chi connectivity index (χ2n) is 4.25. The molecule has 0 unspecified atom stereocenters. The van der Waals surface area contributed by atoms with Crippen molar-refractivity contribution in [2.24, 2.45) is 11.8 Å². The van der Waals surface area contributed by atoms with E-state index < -0.39 is 0 Å². The normalized spacial score (nSPS) is 36.8. The molecule has 0 saturated heterocycles. The number of aromatic nitrogens is 2. The van der Waals surface area contributed by atoms with Crippen LogP contribution in [0.25, 0.3) is 0 Å². The Balaban J connectivity index is 1.68. The summed E-state index contributed by atoms with van der Waals surface area (Å²) < 4.78 is 5.83. The fourth-order valence-corrected chi connectivity index (χ4v) is 2.80. The Morgan fingerprint density at radius 2 is 2.38 bits per heavy atom. The zero-order chi connectivity index (χ0) is 8.67. The molecule has 1 N–H and O–H groups in total. The molecule has 2 saturated carbocycles. The van der Waals surface area contributed by atoms with Crippen molar-refractivity contribution >= 4 is 0 Å². The van der Waals surface area contributed by atoms with Gasteiger partial charge in [-0.15, -0.1) is 0 Å². The summed E-state index contributed by atoms with van der Waals surface area (Å²) in [6.45, 7) is 0. The molecule has 0 spiro atoms. The summed E-state index contributed by atoms with van der Waals surface area (Å²) in [6.07, 6.45) is 7.63. The molecule has 0 amide bonds. The largest absolute Gasteiger partial charge is 0.474 e. The van der Waals surface area contributed by atoms with Gasteiger partial charge in [-0.1, -0.05) is 0 Å². The van der Waals surface area contributed by atoms with Crippen molar-refractivity contribution in [3.8, 4) is 5.88 Å². The minimum absolute atomic E-state index is 0.458. The van der Waals surface area contributed by atoms with Crippen molar-refractivity contribution in [2.45, 2.75) is 31.8 Å². The van der Waals surface area contributed by atoms with Gasteiger partial charge in [0.1, 0.15) is 6.10 Å². The van der Waals surface area contributed by atoms with Gasteiger partial charge in [0.15, 0.2) is 0 Å². The number of fused-ring (bicyclic) bond motifs is 2. The van der Waals surface area contributed by atoms with E-state index in [-0.39, 0.29) is 0 Å². The Bertz CT molecular complexity index is 283. The molecule has 2 fully saturated rings. The summed E-state index contributed by atoms with van der Waals surface area (Å²) in [7, 11) is 0. The van der Waals surface area contributed by atoms with Crippen molar-refractivity contribution < 1.29 is 4.74 Å². The monoisotopic (exact) mass is 178 g/mol. The summed E-state index contributed by atoms with van der Waals surface area (Å²) in [5.74, 6) is 2.59. The van der Waals surface area contributed by atoms with E-state index in [1.165, 1.54) is 25.7 Å². The van der Waals surface area contributed by atoms with Crippen LogP contribution in [0.1, 0.15) is 25.7 Å². The maximum atomic E-state index is 5.83. The first-order valence-electron chi connectivity index (χ1n) is 5.08. The Labute approximate surface area is 77.5 Å². The number of aromatic amines is 1. The maximum Gasteiger partial charge on any atom is 0.209 e. The van der Waals surface area contributed by atoms with Crippen LogP contribution >= 0.6 is 0 Å². The Morgan fingerprint density at radius 1 is 1.38 bits per heavy atom. The van der Waals surface area contributed by atoms with Crippen molar-refractivity contribution in [1.29, 1.82) is 0 Å². The number of ether oxygens (including phenoxy) is 1. The Morgan fingerprint density at radius 3 is 3.00 bits per heavy atom. The lowest BCUT2D eigenvalue weighted by Crippen LogP contribution is -2.23. The number of nitrogens with zero attached hydrogens (tertiary/aromatic N) is 1. The van der Waals surface area contributed by atoms with Crippen LogP contribution in [0.3, 0.4) is 0 Å². The highest BCUT2D eigenvalue weighted by Gasteiger charge is 2.41. The van der Waals surface area contributed by atoms with Crippen LogP contribution in [0.2, 0.25) is 0 Å². The minimum Gasteiger partial charge on any atom is -0.474 e. The van der Waals surface area contributed by atoms with E-state index in [1.807, 2.05) is 6.07 Å². The van der Waals surface area contributed by atoms with E-state index in [1.54, 1.807) is 6.20 Å². The number of nitrogens with one attached hydrogen (secondary N) is 1. The summed E-state index contributed by atoms with van der Waals surface area (Å²) in [5.41, 5.74) is 0. The molecule has 70 valence electrons. The molecule has 3 nitrogen and oxygen atoms in total. The number of hydrogen-bond donors (Lipinski definition) is 1. The molecule has 2 aliphatic rings. The first-order valence-corrected chi connectivity index (χ1v) is 5.08. The standard InChI is InChI=1S/C10H14N2O/c1-2-8-5-7(1)6-9(8)13-10-3-4-11-12-10/h3-4,7-9H,1-2,5-6H2,(H,11,12)/t7-,8+,9-/m0/s1. The van der Waals surface area contributed by atoms with E-state index in [4.69, 9.17) is 4.74 Å². The van der Waals surface area contributed by atoms with Crippen LogP contribution in [0, 0.1) is 11.8 Å². The molecule has 1 aromatic heterocycles. The third-order valence-electron chi connectivity index (χ3n) is 3.43. The first-order chi connectivity index (χ1) is 6.42. The SMILES string of the molecule is c1cc(O[C@H]2C[C@H]3CC[C@@H]2C3)[nH]n1. The quantitative estimate of drug-likeness (QED) is 0.752. The van der Waals surface area contributed by atoms with E-state index in [9.17, 15) is 0 Å². The van der Waals surface area contributed by atoms with Gasteiger partial charge < -0.3 is 4.74 Å². The Kier molecular flexibility index (Phi) is 1.57. The molecule has 2 bridgehead atoms. The maximum absolute atomic E-state index is 5.83. The van der Waals surface area contributed by atoms with Gasteiger partial charge in [0.05, 0.1) is 6.20 Å². The summed E-state index contributed by atoms with van der Waals surface area (Å²) in [5, 5.41) is 6.73. The second-order valence-corrected chi connectivity index (χ2v) is 4.25. The minimum atomic E-state index is 0.458. The van der Waals surface area contributed by atoms with Crippen LogP contribution in [-0.4, -0.2) is 16.3 Å². The van der Waals surface area contributed by atoms with Crippen molar-refractivity contribution in [3.05, 3.63) is 12.3 Å². The van der Waals surface area contributed by atoms with Gasteiger partial charge in [-0.3, -0.25) is 0 Å². The van der Waals surface area contributed by atoms with Gasteiger partial charge in [-0.2, -0.15) is 5.10 Å². The molecule has 1 aromatic rings. The number of H-pyrrole nitrogens is 1. The van der Waals surface area contributed by atoms with Gasteiger partial charge in [-0.25, -0.2) is 5.10 Å². The first kappa shape index (κ1) is 7.42. The smallest absolute Gasteiger partial charge is 0.209 e. The highest BCUT2D eigenvalue weighted by molar-refractivity contribution is 5.06. The third kappa shape index (κ3) is 1.23. The summed E-state index contributed by atoms with van der Waals surface area (Å²) in [6, 6.07) is 1.89. The molecular formula is C10H14N2O. The second kappa shape index (κ2) is 2.76. The predicted octanol–water partition coefficient (Wildman–Crippen LogP) is 1.98. The lowest BCUT2D eigenvalue weighted by atomic mass is 9.98. The van der Waals surface area contributed by atoms with E-state index >= 15 is 0 Å². The predicted molar refractivity (Wildman–Crippen MR) is 48.5 cm³/mol. The third-order valence-corrected chi connectivity index (χ3v) is 3.43. The molecule has 2 aliphatic carbocycles. The van der Waals surface area contributed by atoms with Crippen molar-refractivity contribution in [1.82, 2.24) is 10.2 Å². The average molecular weight is 178 g/mol. The summed E-state index contributed by atoms with van der Waals surface area (Å²) in [4.78, 5) is 0. The lowest BCUT2D eigenvalue weighted by Gasteiger charge is -2.21. The molecule has 3 heteroatoms. The molecule has 3 atom stereocenters. The van der Waals surface area contributed by atoms with Gasteiger partial charge >= 0.3 is 0 Å². The van der Waals surface area contributed by atoms with Gasteiger partial charge in [0.25, 0.3) is 0 Å². The Hall–Kier alpha value is -0.990. The lowest BCUT2D eigenvalue weighted by molar-refractivity contribution is 0.132. The fraction of sp³-hybridized carbons (Fsp3) is 0.700. The molecule has 3 rings (SSSR count). The van der Waals surface area contributed by atoms with Crippen molar-refractivity contribution in [3.63, 3.8) is 0 Å². The van der Waals surface area contributed by atoms with Gasteiger partial charge in [0.2, 0.25) is 5.88 Å². The van der Waals surface area contributed by atoms with Crippen LogP contribution in [0.4, 0.5) is 0 Å². The van der Waals surface area contributed by atoms with Crippen LogP contribution in [-0.2, 0) is 0 Å². The molecule has 0 aromatic carbocycles. The average Bonchev–Trinajstić information content (AvgIpc) is 2.77. The van der Waals surface area contributed by atoms with Crippen LogP contribution in [0.5, 0.6) is 5.88 Å². The molecule has 13 heavy (non-hydrogen) atoms. The fourth-order valence-electron chi connectivity index (χ4n) is 2.80. The number of rotatable bonds is 2. The highest BCUT2D eigenvalue weighted by atomic mass is 16.5. The molecule has 0 radical (unpaired) electrons. The molecular weight excluding hydrogens is 164 g/mol. The van der Waals surface area contributed by atoms with Gasteiger partial charge in [0, 0.05) is 6.07 Å². The zero-order valence-corrected chi connectivity index (χ0v) is 7.57. The van der Waals surface area contributed by atoms with E-state index in [2.05, 4.69) is 10.2 Å². The van der Waals surface area contributed by atoms with Gasteiger partial charge in [-0.05, 0) is 37.5 Å². The van der Waals surface area contributed by atoms with E-state index in [0.717, 1.165) is 17.7 Å². The van der Waals surface area contributed by atoms with Crippen molar-refractivity contribution in [2.75, 3.05) is 0 Å². The summed E-state index contributed by atoms with van der Waals surface area (Å²) >= 11 is 0. The van der Waals surface area contributed by atoms with E-state index in [0.29, 0.717) is 6.10 Å². The number of hydrogen-bond acceptors (Lipinski definition) is 2. The molecule has 1 heterocycles. The van der Waals surface area contributed by atoms with Crippen LogP contribution in [0.15, 0.2) is 12.3 Å². The zero-order valence-electron chi connectivity index (χ0n) is 7.57. The highest BCUT2D eigenvalue weighted by Crippen LogP contribution is 2.45. The topological polar surface area (TPSA) is 37.9 Å². The van der Waals surface area contributed by atoms with Crippen LogP contribution < -0.4 is 4.74 Å². The molecule has 0 aliphatic heterocycles.